The molecule has 1 heterocycles. The van der Waals surface area contributed by atoms with Crippen LogP contribution in [0.3, 0.4) is 0 Å². The van der Waals surface area contributed by atoms with Crippen molar-refractivity contribution in [3.63, 3.8) is 0 Å². The smallest absolute Gasteiger partial charge is 0.274 e. The number of nitro benzene ring substituents is 1. The number of nitro groups is 1. The van der Waals surface area contributed by atoms with Gasteiger partial charge in [0.25, 0.3) is 5.69 Å². The molecule has 0 radical (unpaired) electrons. The van der Waals surface area contributed by atoms with E-state index in [0.29, 0.717) is 11.3 Å². The molecule has 1 saturated heterocycles. The number of hydrogen-bond acceptors (Lipinski definition) is 5. The molecule has 1 aromatic rings. The van der Waals surface area contributed by atoms with E-state index in [1.54, 1.807) is 19.1 Å². The summed E-state index contributed by atoms with van der Waals surface area (Å²) in [6.45, 7) is 1.63. The first-order chi connectivity index (χ1) is 8.47. The third kappa shape index (κ3) is 2.29. The maximum Gasteiger partial charge on any atom is 0.274 e. The molecule has 1 atom stereocenters. The summed E-state index contributed by atoms with van der Waals surface area (Å²) in [5, 5.41) is 15.7. The maximum absolute atomic E-state index is 11.3. The lowest BCUT2D eigenvalue weighted by Crippen LogP contribution is -2.30. The van der Waals surface area contributed by atoms with E-state index in [2.05, 4.69) is 10.6 Å². The van der Waals surface area contributed by atoms with E-state index < -0.39 is 16.9 Å². The molecule has 1 fully saturated rings. The van der Waals surface area contributed by atoms with Crippen LogP contribution in [0.5, 0.6) is 0 Å². The summed E-state index contributed by atoms with van der Waals surface area (Å²) in [6, 6.07) is 3.92. The van der Waals surface area contributed by atoms with Gasteiger partial charge in [-0.15, -0.1) is 0 Å². The number of carbonyl (C=O) groups is 2. The molecular weight excluding hydrogens is 238 g/mol. The largest absolute Gasteiger partial charge is 0.373 e. The van der Waals surface area contributed by atoms with Crippen LogP contribution < -0.4 is 10.6 Å². The van der Waals surface area contributed by atoms with Gasteiger partial charge in [0.15, 0.2) is 0 Å². The van der Waals surface area contributed by atoms with Crippen LogP contribution in [-0.2, 0) is 9.59 Å². The molecule has 0 aliphatic carbocycles. The highest BCUT2D eigenvalue weighted by Crippen LogP contribution is 2.23. The predicted molar refractivity (Wildman–Crippen MR) is 63.0 cm³/mol. The fourth-order valence-corrected chi connectivity index (χ4v) is 1.77. The highest BCUT2D eigenvalue weighted by Gasteiger charge is 2.30. The van der Waals surface area contributed by atoms with Gasteiger partial charge in [0, 0.05) is 17.3 Å². The first kappa shape index (κ1) is 12.0. The molecule has 1 unspecified atom stereocenters. The average Bonchev–Trinajstić information content (AvgIpc) is 2.60. The number of aryl methyl sites for hydroxylation is 1. The number of anilines is 1. The van der Waals surface area contributed by atoms with Crippen molar-refractivity contribution in [2.45, 2.75) is 19.4 Å². The molecule has 94 valence electrons. The molecule has 18 heavy (non-hydrogen) atoms. The average molecular weight is 249 g/mol. The number of rotatable bonds is 3. The van der Waals surface area contributed by atoms with Crippen molar-refractivity contribution >= 4 is 23.2 Å². The third-order valence-corrected chi connectivity index (χ3v) is 2.72. The molecule has 7 nitrogen and oxygen atoms in total. The van der Waals surface area contributed by atoms with Crippen LogP contribution in [0.25, 0.3) is 0 Å². The lowest BCUT2D eigenvalue weighted by Gasteiger charge is -2.10. The van der Waals surface area contributed by atoms with Gasteiger partial charge in [0.05, 0.1) is 11.3 Å². The van der Waals surface area contributed by atoms with Crippen LogP contribution in [0.15, 0.2) is 18.2 Å². The minimum atomic E-state index is -0.667. The van der Waals surface area contributed by atoms with Crippen molar-refractivity contribution in [1.82, 2.24) is 5.32 Å². The second-order valence-electron chi connectivity index (χ2n) is 4.07. The Hall–Kier alpha value is -2.44. The van der Waals surface area contributed by atoms with E-state index in [4.69, 9.17) is 0 Å². The molecular formula is C11H11N3O4. The van der Waals surface area contributed by atoms with Gasteiger partial charge >= 0.3 is 0 Å². The van der Waals surface area contributed by atoms with Crippen LogP contribution in [-0.4, -0.2) is 22.8 Å². The Labute approximate surface area is 102 Å². The molecule has 2 amide bonds. The number of nitrogens with zero attached hydrogens (tertiary/aromatic N) is 1. The van der Waals surface area contributed by atoms with Gasteiger partial charge in [-0.05, 0) is 13.0 Å². The van der Waals surface area contributed by atoms with Gasteiger partial charge in [-0.25, -0.2) is 0 Å². The SMILES string of the molecule is Cc1ccc(NC2CC(=O)NC2=O)cc1[N+](=O)[O-]. The number of imide groups is 1. The normalized spacial score (nSPS) is 18.6. The van der Waals surface area contributed by atoms with Crippen molar-refractivity contribution in [2.75, 3.05) is 5.32 Å². The first-order valence-electron chi connectivity index (χ1n) is 5.32. The van der Waals surface area contributed by atoms with Crippen molar-refractivity contribution in [2.24, 2.45) is 0 Å². The van der Waals surface area contributed by atoms with Crippen molar-refractivity contribution in [3.05, 3.63) is 33.9 Å². The standard InChI is InChI=1S/C11H11N3O4/c1-6-2-3-7(4-9(6)14(17)18)12-8-5-10(15)13-11(8)16/h2-4,8,12H,5H2,1H3,(H,13,15,16). The minimum absolute atomic E-state index is 0.0234. The van der Waals surface area contributed by atoms with E-state index in [1.807, 2.05) is 0 Å². The van der Waals surface area contributed by atoms with E-state index in [1.165, 1.54) is 6.07 Å². The van der Waals surface area contributed by atoms with Crippen LogP contribution in [0.2, 0.25) is 0 Å². The zero-order valence-electron chi connectivity index (χ0n) is 9.60. The minimum Gasteiger partial charge on any atom is -0.373 e. The number of amides is 2. The van der Waals surface area contributed by atoms with E-state index in [-0.39, 0.29) is 18.0 Å². The third-order valence-electron chi connectivity index (χ3n) is 2.72. The van der Waals surface area contributed by atoms with E-state index in [0.717, 1.165) is 0 Å². The molecule has 0 saturated carbocycles. The Bertz CT molecular complexity index is 541. The number of carbonyl (C=O) groups excluding carboxylic acids is 2. The topological polar surface area (TPSA) is 101 Å². The Morgan fingerprint density at radius 1 is 1.44 bits per heavy atom. The quantitative estimate of drug-likeness (QED) is 0.467. The lowest BCUT2D eigenvalue weighted by atomic mass is 10.1. The Balaban J connectivity index is 2.20. The Morgan fingerprint density at radius 3 is 2.72 bits per heavy atom. The van der Waals surface area contributed by atoms with E-state index in [9.17, 15) is 19.7 Å². The van der Waals surface area contributed by atoms with E-state index >= 15 is 0 Å². The maximum atomic E-state index is 11.3. The molecule has 2 N–H and O–H groups in total. The summed E-state index contributed by atoms with van der Waals surface area (Å²) in [5.74, 6) is -0.762. The summed E-state index contributed by atoms with van der Waals surface area (Å²) in [4.78, 5) is 32.6. The summed E-state index contributed by atoms with van der Waals surface area (Å²) in [5.41, 5.74) is 0.962. The molecule has 7 heteroatoms. The Kier molecular flexibility index (Phi) is 2.97. The zero-order chi connectivity index (χ0) is 13.3. The van der Waals surface area contributed by atoms with Crippen LogP contribution >= 0.6 is 0 Å². The predicted octanol–water partition coefficient (Wildman–Crippen LogP) is 0.730. The van der Waals surface area contributed by atoms with Crippen molar-refractivity contribution < 1.29 is 14.5 Å². The van der Waals surface area contributed by atoms with Crippen LogP contribution in [0, 0.1) is 17.0 Å². The summed E-state index contributed by atoms with van der Waals surface area (Å²) < 4.78 is 0. The molecule has 0 aromatic heterocycles. The summed E-state index contributed by atoms with van der Waals surface area (Å²) in [6.07, 6.45) is 0.0422. The van der Waals surface area contributed by atoms with Gasteiger partial charge < -0.3 is 5.32 Å². The van der Waals surface area contributed by atoms with Crippen LogP contribution in [0.4, 0.5) is 11.4 Å². The highest BCUT2D eigenvalue weighted by atomic mass is 16.6. The molecule has 0 bridgehead atoms. The number of hydrogen-bond donors (Lipinski definition) is 2. The lowest BCUT2D eigenvalue weighted by molar-refractivity contribution is -0.385. The molecule has 1 aliphatic rings. The first-order valence-corrected chi connectivity index (χ1v) is 5.32. The second-order valence-corrected chi connectivity index (χ2v) is 4.07. The highest BCUT2D eigenvalue weighted by molar-refractivity contribution is 6.06. The molecule has 1 aromatic carbocycles. The van der Waals surface area contributed by atoms with Crippen molar-refractivity contribution in [1.29, 1.82) is 0 Å². The van der Waals surface area contributed by atoms with Crippen molar-refractivity contribution in [3.8, 4) is 0 Å². The fourth-order valence-electron chi connectivity index (χ4n) is 1.77. The number of nitrogens with one attached hydrogen (secondary N) is 2. The molecule has 2 rings (SSSR count). The molecule has 1 aliphatic heterocycles. The van der Waals surface area contributed by atoms with Crippen LogP contribution in [0.1, 0.15) is 12.0 Å². The zero-order valence-corrected chi connectivity index (χ0v) is 9.60. The second kappa shape index (κ2) is 4.44. The summed E-state index contributed by atoms with van der Waals surface area (Å²) in [7, 11) is 0. The van der Waals surface area contributed by atoms with Gasteiger partial charge in [0.2, 0.25) is 11.8 Å². The monoisotopic (exact) mass is 249 g/mol. The Morgan fingerprint density at radius 2 is 2.17 bits per heavy atom. The van der Waals surface area contributed by atoms with Gasteiger partial charge in [0.1, 0.15) is 6.04 Å². The van der Waals surface area contributed by atoms with Gasteiger partial charge in [-0.2, -0.15) is 0 Å². The molecule has 0 spiro atoms. The number of benzene rings is 1. The van der Waals surface area contributed by atoms with Gasteiger partial charge in [-0.1, -0.05) is 6.07 Å². The van der Waals surface area contributed by atoms with Gasteiger partial charge in [-0.3, -0.25) is 25.0 Å². The summed E-state index contributed by atoms with van der Waals surface area (Å²) >= 11 is 0. The fraction of sp³-hybridized carbons (Fsp3) is 0.273.